The molecule has 7 heteroatoms. The molecule has 1 aliphatic heterocycles. The maximum atomic E-state index is 12.5. The monoisotopic (exact) mass is 398 g/mol. The zero-order valence-electron chi connectivity index (χ0n) is 16.2. The van der Waals surface area contributed by atoms with Gasteiger partial charge in [0.1, 0.15) is 6.10 Å². The number of ether oxygens (including phenoxy) is 3. The predicted octanol–water partition coefficient (Wildman–Crippen LogP) is 2.43. The van der Waals surface area contributed by atoms with Crippen LogP contribution in [0.3, 0.4) is 0 Å². The summed E-state index contributed by atoms with van der Waals surface area (Å²) < 4.78 is 16.4. The minimum atomic E-state index is -0.394. The quantitative estimate of drug-likeness (QED) is 0.770. The van der Waals surface area contributed by atoms with Crippen LogP contribution in [0.2, 0.25) is 0 Å². The van der Waals surface area contributed by atoms with Crippen LogP contribution in [-0.4, -0.2) is 52.5 Å². The summed E-state index contributed by atoms with van der Waals surface area (Å²) in [6.07, 6.45) is 5.32. The van der Waals surface area contributed by atoms with E-state index in [9.17, 15) is 4.79 Å². The van der Waals surface area contributed by atoms with Crippen LogP contribution in [0.5, 0.6) is 11.5 Å². The van der Waals surface area contributed by atoms with Gasteiger partial charge in [-0.1, -0.05) is 25.3 Å². The molecule has 0 spiro atoms. The zero-order chi connectivity index (χ0) is 18.4. The number of carbonyl (C=O) groups excluding carboxylic acids is 1. The fraction of sp³-hybridized carbons (Fsp3) is 0.650. The molecular formula is C20H31ClN2O4. The van der Waals surface area contributed by atoms with Gasteiger partial charge in [0.15, 0.2) is 11.5 Å². The lowest BCUT2D eigenvalue weighted by Gasteiger charge is -2.39. The summed E-state index contributed by atoms with van der Waals surface area (Å²) in [6, 6.07) is 6.13. The van der Waals surface area contributed by atoms with Crippen molar-refractivity contribution in [1.29, 1.82) is 0 Å². The fourth-order valence-corrected chi connectivity index (χ4v) is 4.07. The third-order valence-electron chi connectivity index (χ3n) is 5.63. The number of carbonyl (C=O) groups is 1. The molecule has 1 aromatic rings. The number of rotatable bonds is 6. The first-order chi connectivity index (χ1) is 12.7. The van der Waals surface area contributed by atoms with E-state index in [4.69, 9.17) is 14.2 Å². The first kappa shape index (κ1) is 21.8. The van der Waals surface area contributed by atoms with Gasteiger partial charge in [-0.2, -0.15) is 0 Å². The smallest absolute Gasteiger partial charge is 0.250 e. The second-order valence-electron chi connectivity index (χ2n) is 7.19. The number of hydrogen-bond donors (Lipinski definition) is 2. The Bertz CT molecular complexity index is 614. The molecule has 2 N–H and O–H groups in total. The van der Waals surface area contributed by atoms with Crippen molar-refractivity contribution < 1.29 is 19.0 Å². The van der Waals surface area contributed by atoms with E-state index in [2.05, 4.69) is 22.8 Å². The fourth-order valence-electron chi connectivity index (χ4n) is 4.07. The second kappa shape index (κ2) is 10.2. The van der Waals surface area contributed by atoms with E-state index in [1.54, 1.807) is 14.2 Å². The average molecular weight is 399 g/mol. The van der Waals surface area contributed by atoms with Crippen LogP contribution in [-0.2, 0) is 14.9 Å². The first-order valence-corrected chi connectivity index (χ1v) is 9.51. The molecule has 1 saturated carbocycles. The number of nitrogens with one attached hydrogen (secondary N) is 2. The van der Waals surface area contributed by atoms with Gasteiger partial charge in [-0.3, -0.25) is 4.79 Å². The molecule has 27 heavy (non-hydrogen) atoms. The summed E-state index contributed by atoms with van der Waals surface area (Å²) in [5.74, 6) is 1.44. The molecule has 3 rings (SSSR count). The van der Waals surface area contributed by atoms with E-state index in [0.29, 0.717) is 19.7 Å². The highest BCUT2D eigenvalue weighted by atomic mass is 35.5. The van der Waals surface area contributed by atoms with Gasteiger partial charge in [0.2, 0.25) is 5.91 Å². The second-order valence-corrected chi connectivity index (χ2v) is 7.19. The predicted molar refractivity (Wildman–Crippen MR) is 107 cm³/mol. The van der Waals surface area contributed by atoms with Gasteiger partial charge in [0.25, 0.3) is 0 Å². The van der Waals surface area contributed by atoms with Crippen molar-refractivity contribution in [3.05, 3.63) is 23.8 Å². The van der Waals surface area contributed by atoms with Crippen molar-refractivity contribution in [2.24, 2.45) is 0 Å². The van der Waals surface area contributed by atoms with E-state index >= 15 is 0 Å². The van der Waals surface area contributed by atoms with E-state index < -0.39 is 6.10 Å². The van der Waals surface area contributed by atoms with Crippen molar-refractivity contribution in [3.63, 3.8) is 0 Å². The largest absolute Gasteiger partial charge is 0.493 e. The Balaban J connectivity index is 0.00000261. The molecule has 1 saturated heterocycles. The Morgan fingerprint density at radius 2 is 1.96 bits per heavy atom. The Morgan fingerprint density at radius 3 is 2.59 bits per heavy atom. The van der Waals surface area contributed by atoms with Crippen LogP contribution in [0.1, 0.15) is 37.7 Å². The molecule has 0 bridgehead atoms. The molecule has 1 aliphatic carbocycles. The SMILES string of the molecule is COc1ccc(C2(CNC(=O)C3CNCCO3)CCCCC2)cc1OC.Cl. The lowest BCUT2D eigenvalue weighted by molar-refractivity contribution is -0.134. The highest BCUT2D eigenvalue weighted by molar-refractivity contribution is 5.85. The standard InChI is InChI=1S/C20H30N2O4.ClH/c1-24-16-7-6-15(12-17(16)25-2)20(8-4-3-5-9-20)14-22-19(23)18-13-21-10-11-26-18;/h6-7,12,18,21H,3-5,8-11,13-14H2,1-2H3,(H,22,23);1H. The summed E-state index contributed by atoms with van der Waals surface area (Å²) >= 11 is 0. The Hall–Kier alpha value is -1.50. The average Bonchev–Trinajstić information content (AvgIpc) is 2.72. The normalized spacial score (nSPS) is 21.6. The van der Waals surface area contributed by atoms with Crippen LogP contribution in [0.15, 0.2) is 18.2 Å². The molecule has 1 heterocycles. The number of methoxy groups -OCH3 is 2. The minimum absolute atomic E-state index is 0. The molecule has 1 amide bonds. The van der Waals surface area contributed by atoms with E-state index in [0.717, 1.165) is 30.9 Å². The van der Waals surface area contributed by atoms with Gasteiger partial charge >= 0.3 is 0 Å². The highest BCUT2D eigenvalue weighted by Gasteiger charge is 2.36. The molecule has 0 aromatic heterocycles. The summed E-state index contributed by atoms with van der Waals surface area (Å²) in [5, 5.41) is 6.36. The zero-order valence-corrected chi connectivity index (χ0v) is 17.0. The van der Waals surface area contributed by atoms with Gasteiger partial charge in [-0.25, -0.2) is 0 Å². The maximum absolute atomic E-state index is 12.5. The summed E-state index contributed by atoms with van der Waals surface area (Å²) in [7, 11) is 3.30. The van der Waals surface area contributed by atoms with Gasteiger partial charge in [0, 0.05) is 25.0 Å². The van der Waals surface area contributed by atoms with E-state index in [1.165, 1.54) is 24.8 Å². The number of amides is 1. The molecule has 152 valence electrons. The van der Waals surface area contributed by atoms with E-state index in [-0.39, 0.29) is 23.7 Å². The summed E-state index contributed by atoms with van der Waals surface area (Å²) in [6.45, 7) is 2.59. The molecule has 1 unspecified atom stereocenters. The number of halogens is 1. The third kappa shape index (κ3) is 5.06. The molecular weight excluding hydrogens is 368 g/mol. The van der Waals surface area contributed by atoms with Crippen molar-refractivity contribution in [2.45, 2.75) is 43.6 Å². The van der Waals surface area contributed by atoms with Gasteiger partial charge in [0.05, 0.1) is 20.8 Å². The molecule has 0 radical (unpaired) electrons. The Labute approximate surface area is 167 Å². The van der Waals surface area contributed by atoms with Crippen LogP contribution in [0.25, 0.3) is 0 Å². The first-order valence-electron chi connectivity index (χ1n) is 9.51. The van der Waals surface area contributed by atoms with Gasteiger partial charge in [-0.05, 0) is 30.5 Å². The van der Waals surface area contributed by atoms with Crippen molar-refractivity contribution in [1.82, 2.24) is 10.6 Å². The lowest BCUT2D eigenvalue weighted by Crippen LogP contribution is -2.51. The number of benzene rings is 1. The Morgan fingerprint density at radius 1 is 1.22 bits per heavy atom. The molecule has 2 fully saturated rings. The highest BCUT2D eigenvalue weighted by Crippen LogP contribution is 2.42. The van der Waals surface area contributed by atoms with Gasteiger partial charge in [-0.15, -0.1) is 12.4 Å². The van der Waals surface area contributed by atoms with Crippen LogP contribution >= 0.6 is 12.4 Å². The van der Waals surface area contributed by atoms with Crippen molar-refractivity contribution in [2.75, 3.05) is 40.5 Å². The van der Waals surface area contributed by atoms with Crippen LogP contribution < -0.4 is 20.1 Å². The van der Waals surface area contributed by atoms with Crippen molar-refractivity contribution >= 4 is 18.3 Å². The van der Waals surface area contributed by atoms with Crippen LogP contribution in [0.4, 0.5) is 0 Å². The number of hydrogen-bond acceptors (Lipinski definition) is 5. The summed E-state index contributed by atoms with van der Waals surface area (Å²) in [5.41, 5.74) is 1.15. The molecule has 1 atom stereocenters. The van der Waals surface area contributed by atoms with E-state index in [1.807, 2.05) is 6.07 Å². The number of morpholine rings is 1. The minimum Gasteiger partial charge on any atom is -0.493 e. The summed E-state index contributed by atoms with van der Waals surface area (Å²) in [4.78, 5) is 12.5. The topological polar surface area (TPSA) is 68.8 Å². The molecule has 6 nitrogen and oxygen atoms in total. The Kier molecular flexibility index (Phi) is 8.20. The third-order valence-corrected chi connectivity index (χ3v) is 5.63. The van der Waals surface area contributed by atoms with Gasteiger partial charge < -0.3 is 24.8 Å². The molecule has 1 aromatic carbocycles. The molecule has 2 aliphatic rings. The van der Waals surface area contributed by atoms with Crippen LogP contribution in [0, 0.1) is 0 Å². The van der Waals surface area contributed by atoms with Crippen molar-refractivity contribution in [3.8, 4) is 11.5 Å². The lowest BCUT2D eigenvalue weighted by atomic mass is 9.69. The maximum Gasteiger partial charge on any atom is 0.250 e.